The van der Waals surface area contributed by atoms with Crippen LogP contribution in [0, 0.1) is 0 Å². The summed E-state index contributed by atoms with van der Waals surface area (Å²) in [7, 11) is 0. The molecule has 20 heavy (non-hydrogen) atoms. The molecule has 1 unspecified atom stereocenters. The Balaban J connectivity index is 1.90. The second kappa shape index (κ2) is 7.35. The van der Waals surface area contributed by atoms with Crippen molar-refractivity contribution in [1.29, 1.82) is 0 Å². The Morgan fingerprint density at radius 2 is 1.55 bits per heavy atom. The van der Waals surface area contributed by atoms with E-state index in [4.69, 9.17) is 11.6 Å². The first-order valence-electron chi connectivity index (χ1n) is 7.27. The van der Waals surface area contributed by atoms with Crippen molar-refractivity contribution in [2.75, 3.05) is 5.32 Å². The highest BCUT2D eigenvalue weighted by Gasteiger charge is 2.04. The van der Waals surface area contributed by atoms with Crippen LogP contribution < -0.4 is 5.32 Å². The molecule has 0 fully saturated rings. The van der Waals surface area contributed by atoms with E-state index < -0.39 is 0 Å². The summed E-state index contributed by atoms with van der Waals surface area (Å²) in [6.45, 7) is 4.41. The molecular formula is C18H22ClN. The van der Waals surface area contributed by atoms with Gasteiger partial charge in [0, 0.05) is 16.8 Å². The summed E-state index contributed by atoms with van der Waals surface area (Å²) in [5, 5.41) is 4.33. The lowest BCUT2D eigenvalue weighted by Gasteiger charge is -2.16. The molecule has 2 aromatic carbocycles. The smallest absolute Gasteiger partial charge is 0.0406 e. The molecule has 0 saturated carbocycles. The van der Waals surface area contributed by atoms with Crippen LogP contribution in [-0.4, -0.2) is 6.04 Å². The minimum Gasteiger partial charge on any atom is -0.382 e. The zero-order valence-electron chi connectivity index (χ0n) is 12.2. The van der Waals surface area contributed by atoms with Crippen molar-refractivity contribution in [2.45, 2.75) is 39.2 Å². The molecular weight excluding hydrogens is 266 g/mol. The molecule has 2 rings (SSSR count). The number of anilines is 1. The van der Waals surface area contributed by atoms with Crippen LogP contribution in [0.25, 0.3) is 0 Å². The van der Waals surface area contributed by atoms with E-state index in [1.54, 1.807) is 0 Å². The third-order valence-electron chi connectivity index (χ3n) is 3.36. The number of aryl methyl sites for hydroxylation is 1. The fourth-order valence-electron chi connectivity index (χ4n) is 2.37. The lowest BCUT2D eigenvalue weighted by atomic mass is 10.1. The van der Waals surface area contributed by atoms with Crippen molar-refractivity contribution >= 4 is 17.3 Å². The Kier molecular flexibility index (Phi) is 5.49. The van der Waals surface area contributed by atoms with Crippen LogP contribution in [0.15, 0.2) is 48.5 Å². The summed E-state index contributed by atoms with van der Waals surface area (Å²) in [6.07, 6.45) is 3.34. The topological polar surface area (TPSA) is 12.0 Å². The van der Waals surface area contributed by atoms with E-state index >= 15 is 0 Å². The van der Waals surface area contributed by atoms with Crippen molar-refractivity contribution in [2.24, 2.45) is 0 Å². The molecule has 2 aromatic rings. The van der Waals surface area contributed by atoms with Gasteiger partial charge in [-0.1, -0.05) is 49.2 Å². The average Bonchev–Trinajstić information content (AvgIpc) is 2.44. The molecule has 0 saturated heterocycles. The molecule has 0 amide bonds. The van der Waals surface area contributed by atoms with Crippen LogP contribution in [0.2, 0.25) is 5.02 Å². The Hall–Kier alpha value is -1.47. The molecule has 0 aliphatic carbocycles. The number of rotatable bonds is 6. The van der Waals surface area contributed by atoms with E-state index in [0.29, 0.717) is 6.04 Å². The molecule has 1 N–H and O–H groups in total. The normalized spacial score (nSPS) is 12.2. The average molecular weight is 288 g/mol. The van der Waals surface area contributed by atoms with E-state index in [9.17, 15) is 0 Å². The molecule has 106 valence electrons. The second-order valence-electron chi connectivity index (χ2n) is 5.32. The Morgan fingerprint density at radius 1 is 0.950 bits per heavy atom. The highest BCUT2D eigenvalue weighted by atomic mass is 35.5. The fourth-order valence-corrected chi connectivity index (χ4v) is 2.49. The van der Waals surface area contributed by atoms with Crippen molar-refractivity contribution < 1.29 is 0 Å². The van der Waals surface area contributed by atoms with Gasteiger partial charge >= 0.3 is 0 Å². The zero-order valence-corrected chi connectivity index (χ0v) is 13.0. The highest BCUT2D eigenvalue weighted by Crippen LogP contribution is 2.15. The largest absolute Gasteiger partial charge is 0.382 e. The maximum absolute atomic E-state index is 5.90. The minimum atomic E-state index is 0.396. The van der Waals surface area contributed by atoms with E-state index in [0.717, 1.165) is 17.9 Å². The van der Waals surface area contributed by atoms with Gasteiger partial charge < -0.3 is 5.32 Å². The number of hydrogen-bond acceptors (Lipinski definition) is 1. The van der Waals surface area contributed by atoms with E-state index in [-0.39, 0.29) is 0 Å². The number of nitrogens with one attached hydrogen (secondary N) is 1. The molecule has 1 nitrogen and oxygen atoms in total. The predicted molar refractivity (Wildman–Crippen MR) is 88.7 cm³/mol. The third kappa shape index (κ3) is 4.57. The van der Waals surface area contributed by atoms with Crippen LogP contribution in [0.3, 0.4) is 0 Å². The van der Waals surface area contributed by atoms with Crippen molar-refractivity contribution in [3.63, 3.8) is 0 Å². The number of benzene rings is 2. The Bertz CT molecular complexity index is 516. The van der Waals surface area contributed by atoms with Gasteiger partial charge in [0.05, 0.1) is 0 Å². The van der Waals surface area contributed by atoms with Gasteiger partial charge in [-0.2, -0.15) is 0 Å². The summed E-state index contributed by atoms with van der Waals surface area (Å²) >= 11 is 5.90. The summed E-state index contributed by atoms with van der Waals surface area (Å²) in [5.74, 6) is 0. The minimum absolute atomic E-state index is 0.396. The summed E-state index contributed by atoms with van der Waals surface area (Å²) < 4.78 is 0. The van der Waals surface area contributed by atoms with Crippen molar-refractivity contribution in [3.05, 3.63) is 64.7 Å². The summed E-state index contributed by atoms with van der Waals surface area (Å²) in [4.78, 5) is 0. The third-order valence-corrected chi connectivity index (χ3v) is 3.61. The standard InChI is InChI=1S/C18H22ClN/c1-3-4-15-7-11-18(12-8-15)20-14(2)13-16-5-9-17(19)10-6-16/h5-12,14,20H,3-4,13H2,1-2H3. The van der Waals surface area contributed by atoms with Gasteiger partial charge in [0.2, 0.25) is 0 Å². The van der Waals surface area contributed by atoms with Gasteiger partial charge in [0.1, 0.15) is 0 Å². The van der Waals surface area contributed by atoms with Gasteiger partial charge in [-0.15, -0.1) is 0 Å². The maximum Gasteiger partial charge on any atom is 0.0406 e. The second-order valence-corrected chi connectivity index (χ2v) is 5.76. The molecule has 0 aromatic heterocycles. The monoisotopic (exact) mass is 287 g/mol. The zero-order chi connectivity index (χ0) is 14.4. The highest BCUT2D eigenvalue weighted by molar-refractivity contribution is 6.30. The van der Waals surface area contributed by atoms with Crippen LogP contribution in [-0.2, 0) is 12.8 Å². The Labute approximate surface area is 127 Å². The SMILES string of the molecule is CCCc1ccc(NC(C)Cc2ccc(Cl)cc2)cc1. The van der Waals surface area contributed by atoms with Crippen LogP contribution in [0.4, 0.5) is 5.69 Å². The van der Waals surface area contributed by atoms with Gasteiger partial charge in [0.15, 0.2) is 0 Å². The molecule has 0 radical (unpaired) electrons. The van der Waals surface area contributed by atoms with Crippen LogP contribution in [0.5, 0.6) is 0 Å². The van der Waals surface area contributed by atoms with Crippen molar-refractivity contribution in [1.82, 2.24) is 0 Å². The van der Waals surface area contributed by atoms with Crippen LogP contribution in [0.1, 0.15) is 31.4 Å². The van der Waals surface area contributed by atoms with Gasteiger partial charge in [-0.3, -0.25) is 0 Å². The first-order valence-corrected chi connectivity index (χ1v) is 7.65. The summed E-state index contributed by atoms with van der Waals surface area (Å²) in [6, 6.07) is 17.2. The van der Waals surface area contributed by atoms with Crippen LogP contribution >= 0.6 is 11.6 Å². The molecule has 0 aliphatic rings. The molecule has 0 aliphatic heterocycles. The molecule has 0 bridgehead atoms. The first-order chi connectivity index (χ1) is 9.67. The van der Waals surface area contributed by atoms with Gasteiger partial charge in [0.25, 0.3) is 0 Å². The number of hydrogen-bond donors (Lipinski definition) is 1. The van der Waals surface area contributed by atoms with Gasteiger partial charge in [-0.25, -0.2) is 0 Å². The lowest BCUT2D eigenvalue weighted by molar-refractivity contribution is 0.790. The number of halogens is 1. The van der Waals surface area contributed by atoms with E-state index in [1.165, 1.54) is 23.2 Å². The van der Waals surface area contributed by atoms with E-state index in [1.807, 2.05) is 12.1 Å². The molecule has 2 heteroatoms. The first kappa shape index (κ1) is 14.9. The maximum atomic E-state index is 5.90. The molecule has 0 heterocycles. The molecule has 0 spiro atoms. The molecule has 1 atom stereocenters. The van der Waals surface area contributed by atoms with Gasteiger partial charge in [-0.05, 0) is 55.2 Å². The van der Waals surface area contributed by atoms with E-state index in [2.05, 4.69) is 55.6 Å². The van der Waals surface area contributed by atoms with Crippen molar-refractivity contribution in [3.8, 4) is 0 Å². The predicted octanol–water partition coefficient (Wildman–Crippen LogP) is 5.34. The quantitative estimate of drug-likeness (QED) is 0.756. The summed E-state index contributed by atoms with van der Waals surface area (Å²) in [5.41, 5.74) is 3.90. The Morgan fingerprint density at radius 3 is 2.15 bits per heavy atom. The fraction of sp³-hybridized carbons (Fsp3) is 0.333. The lowest BCUT2D eigenvalue weighted by Crippen LogP contribution is -2.17.